The standard InChI is InChI=1S/C25H16ClN3/c26-18-6-5-7-19(14-18)28-20-13-12-17(16-27)25(15-20)29-23-10-3-1-8-21(23)22-9-2-4-11-24(22)29/h1-15,28H. The zero-order valence-corrected chi connectivity index (χ0v) is 16.2. The van der Waals surface area contributed by atoms with Crippen LogP contribution in [0.25, 0.3) is 27.5 Å². The van der Waals surface area contributed by atoms with Gasteiger partial charge in [0.25, 0.3) is 0 Å². The number of para-hydroxylation sites is 2. The number of nitrogens with zero attached hydrogens (tertiary/aromatic N) is 2. The Kier molecular flexibility index (Phi) is 4.20. The molecule has 0 radical (unpaired) electrons. The van der Waals surface area contributed by atoms with Crippen LogP contribution in [-0.4, -0.2) is 4.57 Å². The van der Waals surface area contributed by atoms with E-state index in [0.717, 1.165) is 28.1 Å². The molecule has 4 aromatic carbocycles. The highest BCUT2D eigenvalue weighted by Crippen LogP contribution is 2.34. The molecule has 1 heterocycles. The van der Waals surface area contributed by atoms with E-state index in [2.05, 4.69) is 40.2 Å². The molecule has 0 aliphatic heterocycles. The minimum absolute atomic E-state index is 0.619. The predicted molar refractivity (Wildman–Crippen MR) is 120 cm³/mol. The fourth-order valence-corrected chi connectivity index (χ4v) is 3.99. The van der Waals surface area contributed by atoms with E-state index < -0.39 is 0 Å². The third kappa shape index (κ3) is 3.00. The largest absolute Gasteiger partial charge is 0.355 e. The first kappa shape index (κ1) is 17.4. The first-order chi connectivity index (χ1) is 14.2. The Morgan fingerprint density at radius 3 is 2.03 bits per heavy atom. The summed E-state index contributed by atoms with van der Waals surface area (Å²) in [4.78, 5) is 0. The van der Waals surface area contributed by atoms with E-state index in [0.29, 0.717) is 10.6 Å². The lowest BCUT2D eigenvalue weighted by Gasteiger charge is -2.13. The van der Waals surface area contributed by atoms with Gasteiger partial charge in [0.2, 0.25) is 0 Å². The van der Waals surface area contributed by atoms with Gasteiger partial charge in [0.1, 0.15) is 6.07 Å². The summed E-state index contributed by atoms with van der Waals surface area (Å²) < 4.78 is 2.16. The van der Waals surface area contributed by atoms with Gasteiger partial charge < -0.3 is 9.88 Å². The van der Waals surface area contributed by atoms with Crippen LogP contribution < -0.4 is 5.32 Å². The highest BCUT2D eigenvalue weighted by molar-refractivity contribution is 6.30. The number of nitriles is 1. The monoisotopic (exact) mass is 393 g/mol. The second-order valence-corrected chi connectivity index (χ2v) is 7.29. The van der Waals surface area contributed by atoms with Gasteiger partial charge in [-0.3, -0.25) is 0 Å². The lowest BCUT2D eigenvalue weighted by atomic mass is 10.1. The molecular weight excluding hydrogens is 378 g/mol. The van der Waals surface area contributed by atoms with Crippen molar-refractivity contribution in [2.45, 2.75) is 0 Å². The average Bonchev–Trinajstić information content (AvgIpc) is 3.08. The van der Waals surface area contributed by atoms with Crippen molar-refractivity contribution in [1.29, 1.82) is 5.26 Å². The number of anilines is 2. The van der Waals surface area contributed by atoms with Crippen LogP contribution in [0, 0.1) is 11.3 Å². The number of hydrogen-bond acceptors (Lipinski definition) is 2. The Morgan fingerprint density at radius 2 is 1.38 bits per heavy atom. The fraction of sp³-hybridized carbons (Fsp3) is 0. The molecule has 5 aromatic rings. The Bertz CT molecular complexity index is 1360. The van der Waals surface area contributed by atoms with E-state index in [9.17, 15) is 5.26 Å². The Hall–Kier alpha value is -3.74. The SMILES string of the molecule is N#Cc1ccc(Nc2cccc(Cl)c2)cc1-n1c2ccccc2c2ccccc21. The molecule has 0 saturated carbocycles. The van der Waals surface area contributed by atoms with Crippen molar-refractivity contribution >= 4 is 44.8 Å². The summed E-state index contributed by atoms with van der Waals surface area (Å²) in [5.74, 6) is 0. The highest BCUT2D eigenvalue weighted by atomic mass is 35.5. The van der Waals surface area contributed by atoms with Crippen LogP contribution in [-0.2, 0) is 0 Å². The van der Waals surface area contributed by atoms with Gasteiger partial charge in [0.15, 0.2) is 0 Å². The summed E-state index contributed by atoms with van der Waals surface area (Å²) >= 11 is 6.11. The third-order valence-electron chi connectivity index (χ3n) is 5.05. The smallest absolute Gasteiger partial charge is 0.101 e. The van der Waals surface area contributed by atoms with Crippen LogP contribution in [0.3, 0.4) is 0 Å². The van der Waals surface area contributed by atoms with Gasteiger partial charge in [-0.25, -0.2) is 0 Å². The third-order valence-corrected chi connectivity index (χ3v) is 5.29. The van der Waals surface area contributed by atoms with Crippen LogP contribution in [0.4, 0.5) is 11.4 Å². The highest BCUT2D eigenvalue weighted by Gasteiger charge is 2.14. The van der Waals surface area contributed by atoms with E-state index in [1.807, 2.05) is 66.7 Å². The minimum Gasteiger partial charge on any atom is -0.355 e. The number of hydrogen-bond donors (Lipinski definition) is 1. The van der Waals surface area contributed by atoms with Crippen LogP contribution >= 0.6 is 11.6 Å². The number of aromatic nitrogens is 1. The van der Waals surface area contributed by atoms with Crippen molar-refractivity contribution in [2.24, 2.45) is 0 Å². The zero-order valence-electron chi connectivity index (χ0n) is 15.4. The molecule has 0 aliphatic carbocycles. The van der Waals surface area contributed by atoms with E-state index in [1.165, 1.54) is 10.8 Å². The van der Waals surface area contributed by atoms with Gasteiger partial charge in [0.05, 0.1) is 22.3 Å². The van der Waals surface area contributed by atoms with Gasteiger partial charge in [0, 0.05) is 27.2 Å². The maximum atomic E-state index is 9.78. The van der Waals surface area contributed by atoms with Crippen molar-refractivity contribution in [3.63, 3.8) is 0 Å². The molecule has 138 valence electrons. The molecule has 1 N–H and O–H groups in total. The normalized spacial score (nSPS) is 10.9. The lowest BCUT2D eigenvalue weighted by Crippen LogP contribution is -1.99. The first-order valence-corrected chi connectivity index (χ1v) is 9.68. The Morgan fingerprint density at radius 1 is 0.724 bits per heavy atom. The van der Waals surface area contributed by atoms with Crippen LogP contribution in [0.2, 0.25) is 5.02 Å². The molecule has 0 spiro atoms. The van der Waals surface area contributed by atoms with Crippen molar-refractivity contribution in [1.82, 2.24) is 4.57 Å². The molecule has 29 heavy (non-hydrogen) atoms. The maximum Gasteiger partial charge on any atom is 0.101 e. The quantitative estimate of drug-likeness (QED) is 0.356. The van der Waals surface area contributed by atoms with Gasteiger partial charge in [-0.15, -0.1) is 0 Å². The minimum atomic E-state index is 0.619. The van der Waals surface area contributed by atoms with Crippen LogP contribution in [0.15, 0.2) is 91.0 Å². The van der Waals surface area contributed by atoms with Gasteiger partial charge in [-0.2, -0.15) is 5.26 Å². The molecule has 1 aromatic heterocycles. The van der Waals surface area contributed by atoms with Gasteiger partial charge in [-0.1, -0.05) is 54.1 Å². The second kappa shape index (κ2) is 7.01. The molecule has 0 unspecified atom stereocenters. The van der Waals surface area contributed by atoms with E-state index >= 15 is 0 Å². The summed E-state index contributed by atoms with van der Waals surface area (Å²) in [5, 5.41) is 16.2. The lowest BCUT2D eigenvalue weighted by molar-refractivity contribution is 1.17. The topological polar surface area (TPSA) is 40.8 Å². The number of halogens is 1. The molecule has 0 fully saturated rings. The molecule has 5 rings (SSSR count). The molecule has 0 saturated heterocycles. The second-order valence-electron chi connectivity index (χ2n) is 6.85. The number of rotatable bonds is 3. The van der Waals surface area contributed by atoms with Crippen molar-refractivity contribution in [3.05, 3.63) is 102 Å². The molecule has 0 aliphatic rings. The summed E-state index contributed by atoms with van der Waals surface area (Å²) in [5.41, 5.74) is 5.40. The van der Waals surface area contributed by atoms with Crippen molar-refractivity contribution in [2.75, 3.05) is 5.32 Å². The maximum absolute atomic E-state index is 9.78. The first-order valence-electron chi connectivity index (χ1n) is 9.30. The number of nitrogens with one attached hydrogen (secondary N) is 1. The van der Waals surface area contributed by atoms with Crippen LogP contribution in [0.5, 0.6) is 0 Å². The zero-order chi connectivity index (χ0) is 19.8. The van der Waals surface area contributed by atoms with E-state index in [1.54, 1.807) is 0 Å². The van der Waals surface area contributed by atoms with Crippen molar-refractivity contribution in [3.8, 4) is 11.8 Å². The fourth-order valence-electron chi connectivity index (χ4n) is 3.80. The van der Waals surface area contributed by atoms with E-state index in [4.69, 9.17) is 11.6 Å². The molecule has 4 heteroatoms. The van der Waals surface area contributed by atoms with E-state index in [-0.39, 0.29) is 0 Å². The Balaban J connectivity index is 1.74. The van der Waals surface area contributed by atoms with Gasteiger partial charge >= 0.3 is 0 Å². The average molecular weight is 394 g/mol. The number of fused-ring (bicyclic) bond motifs is 3. The van der Waals surface area contributed by atoms with Gasteiger partial charge in [-0.05, 0) is 48.5 Å². The summed E-state index contributed by atoms with van der Waals surface area (Å²) in [6.07, 6.45) is 0. The Labute approximate surface area is 173 Å². The molecule has 0 bridgehead atoms. The van der Waals surface area contributed by atoms with Crippen LogP contribution in [0.1, 0.15) is 5.56 Å². The summed E-state index contributed by atoms with van der Waals surface area (Å²) in [6, 6.07) is 32.3. The predicted octanol–water partition coefficient (Wildman–Crippen LogP) is 7.05. The number of benzene rings is 4. The van der Waals surface area contributed by atoms with Crippen molar-refractivity contribution < 1.29 is 0 Å². The molecule has 0 atom stereocenters. The molecular formula is C25H16ClN3. The summed E-state index contributed by atoms with van der Waals surface area (Å²) in [7, 11) is 0. The molecule has 3 nitrogen and oxygen atoms in total. The summed E-state index contributed by atoms with van der Waals surface area (Å²) in [6.45, 7) is 0. The molecule has 0 amide bonds.